The molecular weight excluding hydrogens is 280 g/mol. The fourth-order valence-electron chi connectivity index (χ4n) is 1.63. The van der Waals surface area contributed by atoms with E-state index in [1.165, 1.54) is 0 Å². The second-order valence-electron chi connectivity index (χ2n) is 4.25. The molecule has 5 nitrogen and oxygen atoms in total. The van der Waals surface area contributed by atoms with E-state index in [0.29, 0.717) is 23.1 Å². The van der Waals surface area contributed by atoms with Crippen molar-refractivity contribution >= 4 is 17.5 Å². The SMILES string of the molecule is CCCNCc1cc(Cl)c(OCC(=O)NC)c(OC)c1. The number of hydrogen-bond acceptors (Lipinski definition) is 4. The smallest absolute Gasteiger partial charge is 0.257 e. The summed E-state index contributed by atoms with van der Waals surface area (Å²) in [5.74, 6) is 0.684. The van der Waals surface area contributed by atoms with Crippen LogP contribution in [0, 0.1) is 0 Å². The van der Waals surface area contributed by atoms with Gasteiger partial charge >= 0.3 is 0 Å². The molecule has 20 heavy (non-hydrogen) atoms. The average Bonchev–Trinajstić information content (AvgIpc) is 2.45. The summed E-state index contributed by atoms with van der Waals surface area (Å²) in [5, 5.41) is 6.20. The Balaban J connectivity index is 2.81. The number of methoxy groups -OCH3 is 1. The minimum atomic E-state index is -0.225. The predicted molar refractivity (Wildman–Crippen MR) is 79.6 cm³/mol. The zero-order valence-electron chi connectivity index (χ0n) is 12.1. The lowest BCUT2D eigenvalue weighted by atomic mass is 10.2. The van der Waals surface area contributed by atoms with Gasteiger partial charge in [0.15, 0.2) is 18.1 Å². The topological polar surface area (TPSA) is 59.6 Å². The summed E-state index contributed by atoms with van der Waals surface area (Å²) >= 11 is 6.19. The van der Waals surface area contributed by atoms with Crippen LogP contribution < -0.4 is 20.1 Å². The van der Waals surface area contributed by atoms with Crippen molar-refractivity contribution in [3.8, 4) is 11.5 Å². The van der Waals surface area contributed by atoms with Crippen molar-refractivity contribution in [2.75, 3.05) is 27.3 Å². The van der Waals surface area contributed by atoms with E-state index in [0.717, 1.165) is 18.5 Å². The van der Waals surface area contributed by atoms with E-state index < -0.39 is 0 Å². The summed E-state index contributed by atoms with van der Waals surface area (Å²) in [7, 11) is 3.09. The highest BCUT2D eigenvalue weighted by molar-refractivity contribution is 6.32. The second kappa shape index (κ2) is 8.66. The van der Waals surface area contributed by atoms with Crippen molar-refractivity contribution in [1.82, 2.24) is 10.6 Å². The molecule has 1 aromatic rings. The molecule has 0 saturated heterocycles. The zero-order chi connectivity index (χ0) is 15.0. The van der Waals surface area contributed by atoms with Crippen LogP contribution in [0.25, 0.3) is 0 Å². The monoisotopic (exact) mass is 300 g/mol. The number of carbonyl (C=O) groups is 1. The third kappa shape index (κ3) is 4.90. The Kier molecular flexibility index (Phi) is 7.18. The highest BCUT2D eigenvalue weighted by Crippen LogP contribution is 2.36. The van der Waals surface area contributed by atoms with Crippen molar-refractivity contribution in [3.05, 3.63) is 22.7 Å². The summed E-state index contributed by atoms with van der Waals surface area (Å²) in [6.07, 6.45) is 1.07. The van der Waals surface area contributed by atoms with Gasteiger partial charge in [-0.3, -0.25) is 4.79 Å². The number of rotatable bonds is 8. The number of carbonyl (C=O) groups excluding carboxylic acids is 1. The lowest BCUT2D eigenvalue weighted by molar-refractivity contribution is -0.122. The van der Waals surface area contributed by atoms with Gasteiger partial charge in [-0.2, -0.15) is 0 Å². The molecule has 0 aliphatic rings. The molecule has 1 aromatic carbocycles. The number of hydrogen-bond donors (Lipinski definition) is 2. The van der Waals surface area contributed by atoms with E-state index in [1.54, 1.807) is 14.2 Å². The molecule has 0 heterocycles. The van der Waals surface area contributed by atoms with E-state index in [2.05, 4.69) is 17.6 Å². The van der Waals surface area contributed by atoms with Crippen LogP contribution in [0.2, 0.25) is 5.02 Å². The first kappa shape index (κ1) is 16.6. The van der Waals surface area contributed by atoms with Gasteiger partial charge in [0.1, 0.15) is 0 Å². The maximum Gasteiger partial charge on any atom is 0.257 e. The molecule has 0 atom stereocenters. The van der Waals surface area contributed by atoms with Crippen molar-refractivity contribution in [3.63, 3.8) is 0 Å². The van der Waals surface area contributed by atoms with Crippen LogP contribution in [0.1, 0.15) is 18.9 Å². The molecule has 0 saturated carbocycles. The minimum absolute atomic E-state index is 0.0972. The lowest BCUT2D eigenvalue weighted by Crippen LogP contribution is -2.25. The summed E-state index contributed by atoms with van der Waals surface area (Å²) in [6.45, 7) is 3.66. The van der Waals surface area contributed by atoms with Crippen molar-refractivity contribution in [1.29, 1.82) is 0 Å². The first-order valence-electron chi connectivity index (χ1n) is 6.52. The highest BCUT2D eigenvalue weighted by atomic mass is 35.5. The van der Waals surface area contributed by atoms with Crippen LogP contribution in [0.3, 0.4) is 0 Å². The maximum absolute atomic E-state index is 11.2. The van der Waals surface area contributed by atoms with Gasteiger partial charge < -0.3 is 20.1 Å². The van der Waals surface area contributed by atoms with Gasteiger partial charge in [0.25, 0.3) is 5.91 Å². The van der Waals surface area contributed by atoms with E-state index in [-0.39, 0.29) is 12.5 Å². The van der Waals surface area contributed by atoms with Crippen LogP contribution in [0.4, 0.5) is 0 Å². The molecule has 0 radical (unpaired) electrons. The third-order valence-electron chi connectivity index (χ3n) is 2.67. The molecule has 6 heteroatoms. The number of ether oxygens (including phenoxy) is 2. The molecule has 0 fully saturated rings. The predicted octanol–water partition coefficient (Wildman–Crippen LogP) is 1.97. The number of likely N-dealkylation sites (N-methyl/N-ethyl adjacent to an activating group) is 1. The van der Waals surface area contributed by atoms with Gasteiger partial charge in [-0.25, -0.2) is 0 Å². The maximum atomic E-state index is 11.2. The van der Waals surface area contributed by atoms with E-state index in [1.807, 2.05) is 12.1 Å². The minimum Gasteiger partial charge on any atom is -0.493 e. The molecule has 2 N–H and O–H groups in total. The number of amides is 1. The Morgan fingerprint density at radius 1 is 1.40 bits per heavy atom. The van der Waals surface area contributed by atoms with Gasteiger partial charge in [-0.1, -0.05) is 18.5 Å². The molecule has 1 amide bonds. The first-order valence-corrected chi connectivity index (χ1v) is 6.90. The largest absolute Gasteiger partial charge is 0.493 e. The molecule has 1 rings (SSSR count). The first-order chi connectivity index (χ1) is 9.62. The fraction of sp³-hybridized carbons (Fsp3) is 0.500. The Labute approximate surface area is 124 Å². The summed E-state index contributed by atoms with van der Waals surface area (Å²) in [6, 6.07) is 3.67. The van der Waals surface area contributed by atoms with Gasteiger partial charge in [-0.05, 0) is 30.7 Å². The highest BCUT2D eigenvalue weighted by Gasteiger charge is 2.13. The normalized spacial score (nSPS) is 10.2. The average molecular weight is 301 g/mol. The van der Waals surface area contributed by atoms with Crippen molar-refractivity contribution < 1.29 is 14.3 Å². The van der Waals surface area contributed by atoms with E-state index in [4.69, 9.17) is 21.1 Å². The van der Waals surface area contributed by atoms with Crippen molar-refractivity contribution in [2.45, 2.75) is 19.9 Å². The Morgan fingerprint density at radius 2 is 2.15 bits per heavy atom. The number of nitrogens with one attached hydrogen (secondary N) is 2. The van der Waals surface area contributed by atoms with Crippen LogP contribution in [0.15, 0.2) is 12.1 Å². The molecular formula is C14H21ClN2O3. The molecule has 112 valence electrons. The fourth-order valence-corrected chi connectivity index (χ4v) is 1.92. The summed E-state index contributed by atoms with van der Waals surface area (Å²) in [5.41, 5.74) is 1.01. The van der Waals surface area contributed by atoms with Crippen LogP contribution in [0.5, 0.6) is 11.5 Å². The zero-order valence-corrected chi connectivity index (χ0v) is 12.8. The molecule has 0 aromatic heterocycles. The van der Waals surface area contributed by atoms with Gasteiger partial charge in [0.2, 0.25) is 0 Å². The molecule has 0 unspecified atom stereocenters. The lowest BCUT2D eigenvalue weighted by Gasteiger charge is -2.14. The van der Waals surface area contributed by atoms with Gasteiger partial charge in [0.05, 0.1) is 12.1 Å². The molecule has 0 bridgehead atoms. The molecule has 0 aliphatic heterocycles. The Morgan fingerprint density at radius 3 is 2.75 bits per heavy atom. The summed E-state index contributed by atoms with van der Waals surface area (Å²) < 4.78 is 10.7. The quantitative estimate of drug-likeness (QED) is 0.721. The van der Waals surface area contributed by atoms with Gasteiger partial charge in [-0.15, -0.1) is 0 Å². The third-order valence-corrected chi connectivity index (χ3v) is 2.95. The molecule has 0 aliphatic carbocycles. The van der Waals surface area contributed by atoms with Crippen LogP contribution in [-0.2, 0) is 11.3 Å². The Bertz CT molecular complexity index is 452. The van der Waals surface area contributed by atoms with E-state index >= 15 is 0 Å². The molecule has 0 spiro atoms. The Hall–Kier alpha value is -1.46. The van der Waals surface area contributed by atoms with Gasteiger partial charge in [0, 0.05) is 13.6 Å². The second-order valence-corrected chi connectivity index (χ2v) is 4.65. The van der Waals surface area contributed by atoms with Crippen molar-refractivity contribution in [2.24, 2.45) is 0 Å². The van der Waals surface area contributed by atoms with Crippen LogP contribution >= 0.6 is 11.6 Å². The number of benzene rings is 1. The summed E-state index contributed by atoms with van der Waals surface area (Å²) in [4.78, 5) is 11.2. The number of halogens is 1. The standard InChI is InChI=1S/C14H21ClN2O3/c1-4-5-17-8-10-6-11(15)14(12(7-10)19-3)20-9-13(18)16-2/h6-7,17H,4-5,8-9H2,1-3H3,(H,16,18). The van der Waals surface area contributed by atoms with Crippen LogP contribution in [-0.4, -0.2) is 33.2 Å². The van der Waals surface area contributed by atoms with E-state index in [9.17, 15) is 4.79 Å².